The third kappa shape index (κ3) is 3.23. The largest absolute Gasteiger partial charge is 0.488 e. The molecule has 15 heavy (non-hydrogen) atoms. The molecular weight excluding hydrogens is 194 g/mol. The van der Waals surface area contributed by atoms with Crippen molar-refractivity contribution in [3.8, 4) is 0 Å². The number of amides is 1. The fourth-order valence-electron chi connectivity index (χ4n) is 1.29. The molecule has 0 aliphatic carbocycles. The molecule has 86 valence electrons. The van der Waals surface area contributed by atoms with Gasteiger partial charge in [-0.15, -0.1) is 0 Å². The first-order valence-electron chi connectivity index (χ1n) is 5.37. The summed E-state index contributed by atoms with van der Waals surface area (Å²) < 4.78 is 5.24. The Balaban J connectivity index is 2.57. The minimum absolute atomic E-state index is 0.0669. The number of carbonyl (C=O) groups is 1. The number of aliphatic hydroxyl groups is 1. The lowest BCUT2D eigenvalue weighted by molar-refractivity contribution is -0.123. The van der Waals surface area contributed by atoms with E-state index in [4.69, 9.17) is 9.84 Å². The summed E-state index contributed by atoms with van der Waals surface area (Å²) in [6, 6.07) is 0. The Morgan fingerprint density at radius 2 is 2.47 bits per heavy atom. The SMILES string of the molecule is CCC(C)(CO)NC(=O)C1=CCCCO1. The topological polar surface area (TPSA) is 58.6 Å². The van der Waals surface area contributed by atoms with Gasteiger partial charge in [-0.2, -0.15) is 0 Å². The van der Waals surface area contributed by atoms with E-state index in [0.29, 0.717) is 18.8 Å². The maximum absolute atomic E-state index is 11.7. The Bertz CT molecular complexity index is 257. The van der Waals surface area contributed by atoms with Gasteiger partial charge >= 0.3 is 0 Å². The summed E-state index contributed by atoms with van der Waals surface area (Å²) >= 11 is 0. The summed E-state index contributed by atoms with van der Waals surface area (Å²) in [4.78, 5) is 11.7. The Hall–Kier alpha value is -1.03. The minimum Gasteiger partial charge on any atom is -0.488 e. The van der Waals surface area contributed by atoms with Gasteiger partial charge in [0, 0.05) is 0 Å². The van der Waals surface area contributed by atoms with Crippen molar-refractivity contribution in [2.75, 3.05) is 13.2 Å². The molecule has 0 bridgehead atoms. The van der Waals surface area contributed by atoms with Crippen LogP contribution in [0.2, 0.25) is 0 Å². The number of hydrogen-bond acceptors (Lipinski definition) is 3. The van der Waals surface area contributed by atoms with E-state index in [0.717, 1.165) is 12.8 Å². The van der Waals surface area contributed by atoms with Crippen LogP contribution in [-0.4, -0.2) is 29.8 Å². The molecule has 0 saturated heterocycles. The van der Waals surface area contributed by atoms with E-state index in [1.54, 1.807) is 6.08 Å². The Labute approximate surface area is 90.3 Å². The second-order valence-corrected chi connectivity index (χ2v) is 4.09. The molecule has 0 spiro atoms. The van der Waals surface area contributed by atoms with E-state index in [1.807, 2.05) is 13.8 Å². The second-order valence-electron chi connectivity index (χ2n) is 4.09. The van der Waals surface area contributed by atoms with Crippen molar-refractivity contribution < 1.29 is 14.6 Å². The van der Waals surface area contributed by atoms with Gasteiger partial charge in [0.15, 0.2) is 5.76 Å². The zero-order chi connectivity index (χ0) is 11.3. The predicted molar refractivity (Wildman–Crippen MR) is 57.2 cm³/mol. The summed E-state index contributed by atoms with van der Waals surface area (Å²) in [5.41, 5.74) is -0.557. The molecule has 1 rings (SSSR count). The van der Waals surface area contributed by atoms with E-state index in [-0.39, 0.29) is 12.5 Å². The summed E-state index contributed by atoms with van der Waals surface area (Å²) in [6.45, 7) is 4.27. The van der Waals surface area contributed by atoms with Crippen molar-refractivity contribution in [2.45, 2.75) is 38.6 Å². The molecule has 0 radical (unpaired) electrons. The van der Waals surface area contributed by atoms with Crippen LogP contribution < -0.4 is 5.32 Å². The second kappa shape index (κ2) is 5.16. The summed E-state index contributed by atoms with van der Waals surface area (Å²) in [5.74, 6) is 0.155. The zero-order valence-electron chi connectivity index (χ0n) is 9.38. The lowest BCUT2D eigenvalue weighted by Gasteiger charge is -2.28. The van der Waals surface area contributed by atoms with Crippen LogP contribution in [0.15, 0.2) is 11.8 Å². The third-order valence-electron chi connectivity index (χ3n) is 2.70. The molecule has 1 aliphatic heterocycles. The van der Waals surface area contributed by atoms with Crippen molar-refractivity contribution in [3.63, 3.8) is 0 Å². The average Bonchev–Trinajstić information content (AvgIpc) is 2.30. The molecular formula is C11H19NO3. The average molecular weight is 213 g/mol. The van der Waals surface area contributed by atoms with E-state index in [2.05, 4.69) is 5.32 Å². The molecule has 1 amide bonds. The van der Waals surface area contributed by atoms with E-state index in [9.17, 15) is 4.79 Å². The molecule has 0 saturated carbocycles. The smallest absolute Gasteiger partial charge is 0.286 e. The molecule has 1 heterocycles. The lowest BCUT2D eigenvalue weighted by Crippen LogP contribution is -2.49. The van der Waals surface area contributed by atoms with Gasteiger partial charge in [-0.25, -0.2) is 0 Å². The number of aliphatic hydroxyl groups excluding tert-OH is 1. The maximum atomic E-state index is 11.7. The van der Waals surface area contributed by atoms with Crippen LogP contribution >= 0.6 is 0 Å². The molecule has 4 nitrogen and oxygen atoms in total. The lowest BCUT2D eigenvalue weighted by atomic mass is 10.00. The summed E-state index contributed by atoms with van der Waals surface area (Å²) in [7, 11) is 0. The highest BCUT2D eigenvalue weighted by atomic mass is 16.5. The van der Waals surface area contributed by atoms with Crippen molar-refractivity contribution in [1.82, 2.24) is 5.32 Å². The van der Waals surface area contributed by atoms with Gasteiger partial charge in [0.2, 0.25) is 0 Å². The van der Waals surface area contributed by atoms with Crippen LogP contribution in [0.1, 0.15) is 33.1 Å². The highest BCUT2D eigenvalue weighted by Crippen LogP contribution is 2.13. The molecule has 4 heteroatoms. The first-order chi connectivity index (χ1) is 7.11. The van der Waals surface area contributed by atoms with E-state index < -0.39 is 5.54 Å². The van der Waals surface area contributed by atoms with E-state index >= 15 is 0 Å². The van der Waals surface area contributed by atoms with Crippen LogP contribution in [0.3, 0.4) is 0 Å². The van der Waals surface area contributed by atoms with Crippen molar-refractivity contribution in [2.24, 2.45) is 0 Å². The molecule has 0 aromatic heterocycles. The fourth-order valence-corrected chi connectivity index (χ4v) is 1.29. The molecule has 0 aromatic rings. The van der Waals surface area contributed by atoms with Crippen LogP contribution in [0, 0.1) is 0 Å². The zero-order valence-corrected chi connectivity index (χ0v) is 9.38. The summed E-state index contributed by atoms with van der Waals surface area (Å²) in [5, 5.41) is 11.9. The molecule has 1 aliphatic rings. The molecule has 0 aromatic carbocycles. The summed E-state index contributed by atoms with van der Waals surface area (Å²) in [6.07, 6.45) is 4.32. The number of rotatable bonds is 4. The minimum atomic E-state index is -0.557. The molecule has 1 unspecified atom stereocenters. The maximum Gasteiger partial charge on any atom is 0.286 e. The normalized spacial score (nSPS) is 19.8. The van der Waals surface area contributed by atoms with E-state index in [1.165, 1.54) is 0 Å². The Kier molecular flexibility index (Phi) is 4.15. The van der Waals surface area contributed by atoms with Gasteiger partial charge in [0.1, 0.15) is 0 Å². The van der Waals surface area contributed by atoms with Gasteiger partial charge in [-0.05, 0) is 32.3 Å². The molecule has 0 fully saturated rings. The van der Waals surface area contributed by atoms with Crippen LogP contribution in [-0.2, 0) is 9.53 Å². The quantitative estimate of drug-likeness (QED) is 0.731. The van der Waals surface area contributed by atoms with Crippen molar-refractivity contribution >= 4 is 5.91 Å². The van der Waals surface area contributed by atoms with Crippen molar-refractivity contribution in [3.05, 3.63) is 11.8 Å². The monoisotopic (exact) mass is 213 g/mol. The Morgan fingerprint density at radius 3 is 2.93 bits per heavy atom. The van der Waals surface area contributed by atoms with Gasteiger partial charge in [-0.1, -0.05) is 6.92 Å². The number of allylic oxidation sites excluding steroid dienone is 1. The third-order valence-corrected chi connectivity index (χ3v) is 2.70. The Morgan fingerprint density at radius 1 is 1.73 bits per heavy atom. The van der Waals surface area contributed by atoms with Gasteiger partial charge < -0.3 is 15.2 Å². The number of carbonyl (C=O) groups excluding carboxylic acids is 1. The highest BCUT2D eigenvalue weighted by Gasteiger charge is 2.25. The van der Waals surface area contributed by atoms with Gasteiger partial charge in [0.05, 0.1) is 18.8 Å². The predicted octanol–water partition coefficient (Wildman–Crippen LogP) is 0.958. The van der Waals surface area contributed by atoms with Crippen LogP contribution in [0.4, 0.5) is 0 Å². The highest BCUT2D eigenvalue weighted by molar-refractivity contribution is 5.92. The van der Waals surface area contributed by atoms with Gasteiger partial charge in [-0.3, -0.25) is 4.79 Å². The van der Waals surface area contributed by atoms with Crippen LogP contribution in [0.5, 0.6) is 0 Å². The first-order valence-corrected chi connectivity index (χ1v) is 5.37. The number of hydrogen-bond donors (Lipinski definition) is 2. The molecule has 2 N–H and O–H groups in total. The number of ether oxygens (including phenoxy) is 1. The first kappa shape index (κ1) is 12.0. The number of nitrogens with one attached hydrogen (secondary N) is 1. The van der Waals surface area contributed by atoms with Gasteiger partial charge in [0.25, 0.3) is 5.91 Å². The molecule has 1 atom stereocenters. The fraction of sp³-hybridized carbons (Fsp3) is 0.727. The van der Waals surface area contributed by atoms with Crippen molar-refractivity contribution in [1.29, 1.82) is 0 Å². The van der Waals surface area contributed by atoms with Crippen LogP contribution in [0.25, 0.3) is 0 Å². The standard InChI is InChI=1S/C11H19NO3/c1-3-11(2,8-13)12-10(14)9-6-4-5-7-15-9/h6,13H,3-5,7-8H2,1-2H3,(H,12,14).